The summed E-state index contributed by atoms with van der Waals surface area (Å²) in [4.78, 5) is 32.6. The Hall–Kier alpha value is -1.12. The fraction of sp³-hybridized carbons (Fsp3) is 0.625. The fourth-order valence-corrected chi connectivity index (χ4v) is 1.28. The number of hydrogen-bond acceptors (Lipinski definition) is 6. The third-order valence-corrected chi connectivity index (χ3v) is 2.58. The molecule has 0 aromatic rings. The van der Waals surface area contributed by atoms with Crippen molar-refractivity contribution in [3.05, 3.63) is 0 Å². The van der Waals surface area contributed by atoms with Crippen molar-refractivity contribution >= 4 is 30.4 Å². The van der Waals surface area contributed by atoms with Crippen molar-refractivity contribution < 1.29 is 24.6 Å². The van der Waals surface area contributed by atoms with Crippen LogP contribution in [0.1, 0.15) is 12.8 Å². The molecule has 0 radical (unpaired) electrons. The molecule has 92 valence electrons. The lowest BCUT2D eigenvalue weighted by molar-refractivity contribution is -0.147. The van der Waals surface area contributed by atoms with Crippen molar-refractivity contribution in [2.75, 3.05) is 5.75 Å². The Morgan fingerprint density at radius 3 is 2.12 bits per heavy atom. The molecule has 0 spiro atoms. The highest BCUT2D eigenvalue weighted by atomic mass is 32.1. The molecule has 0 saturated heterocycles. The maximum Gasteiger partial charge on any atom is 0.332 e. The van der Waals surface area contributed by atoms with Gasteiger partial charge in [-0.25, -0.2) is 4.79 Å². The summed E-state index contributed by atoms with van der Waals surface area (Å²) in [5.41, 5.74) is 8.55. The molecule has 0 bridgehead atoms. The number of ketones is 1. The van der Waals surface area contributed by atoms with Gasteiger partial charge in [-0.15, -0.1) is 0 Å². The predicted molar refractivity (Wildman–Crippen MR) is 58.3 cm³/mol. The first kappa shape index (κ1) is 14.9. The van der Waals surface area contributed by atoms with Crippen LogP contribution >= 0.6 is 12.6 Å². The van der Waals surface area contributed by atoms with Crippen molar-refractivity contribution in [3.63, 3.8) is 0 Å². The summed E-state index contributed by atoms with van der Waals surface area (Å²) in [6.45, 7) is 0. The first-order chi connectivity index (χ1) is 7.25. The molecule has 0 aliphatic heterocycles. The number of carbonyl (C=O) groups excluding carboxylic acids is 1. The van der Waals surface area contributed by atoms with Crippen molar-refractivity contribution in [2.45, 2.75) is 24.4 Å². The van der Waals surface area contributed by atoms with Crippen molar-refractivity contribution in [1.29, 1.82) is 0 Å². The van der Waals surface area contributed by atoms with Crippen LogP contribution in [-0.4, -0.2) is 45.3 Å². The van der Waals surface area contributed by atoms with E-state index in [2.05, 4.69) is 12.6 Å². The molecular formula is C8H14N2O5S. The minimum Gasteiger partial charge on any atom is -0.481 e. The number of hydrogen-bond donors (Lipinski definition) is 5. The molecule has 0 aromatic heterocycles. The molecule has 0 rings (SSSR count). The smallest absolute Gasteiger partial charge is 0.332 e. The van der Waals surface area contributed by atoms with Gasteiger partial charge in [-0.2, -0.15) is 12.6 Å². The van der Waals surface area contributed by atoms with Gasteiger partial charge < -0.3 is 21.7 Å². The van der Waals surface area contributed by atoms with Gasteiger partial charge >= 0.3 is 11.9 Å². The third-order valence-electron chi connectivity index (χ3n) is 2.08. The summed E-state index contributed by atoms with van der Waals surface area (Å²) < 4.78 is 0. The van der Waals surface area contributed by atoms with Gasteiger partial charge in [-0.1, -0.05) is 0 Å². The van der Waals surface area contributed by atoms with Gasteiger partial charge in [0.15, 0.2) is 11.3 Å². The van der Waals surface area contributed by atoms with Crippen LogP contribution in [0.2, 0.25) is 0 Å². The number of thiol groups is 1. The Balaban J connectivity index is 4.63. The Kier molecular flexibility index (Phi) is 5.42. The van der Waals surface area contributed by atoms with E-state index in [1.807, 2.05) is 0 Å². The Morgan fingerprint density at radius 2 is 1.81 bits per heavy atom. The zero-order valence-electron chi connectivity index (χ0n) is 8.42. The van der Waals surface area contributed by atoms with E-state index < -0.39 is 35.1 Å². The molecule has 0 aliphatic carbocycles. The van der Waals surface area contributed by atoms with Gasteiger partial charge in [-0.3, -0.25) is 9.59 Å². The van der Waals surface area contributed by atoms with E-state index in [-0.39, 0.29) is 12.8 Å². The minimum atomic E-state index is -2.17. The second-order valence-corrected chi connectivity index (χ2v) is 3.65. The molecule has 0 aliphatic rings. The lowest BCUT2D eigenvalue weighted by Gasteiger charge is -2.24. The lowest BCUT2D eigenvalue weighted by Crippen LogP contribution is -2.61. The van der Waals surface area contributed by atoms with Crippen LogP contribution in [-0.2, 0) is 14.4 Å². The molecule has 6 N–H and O–H groups in total. The third kappa shape index (κ3) is 3.47. The van der Waals surface area contributed by atoms with Crippen LogP contribution in [0.25, 0.3) is 0 Å². The van der Waals surface area contributed by atoms with Gasteiger partial charge in [0, 0.05) is 12.2 Å². The maximum atomic E-state index is 11.6. The summed E-state index contributed by atoms with van der Waals surface area (Å²) in [6, 6.07) is -1.22. The van der Waals surface area contributed by atoms with Gasteiger partial charge in [0.25, 0.3) is 0 Å². The van der Waals surface area contributed by atoms with Crippen LogP contribution in [0.4, 0.5) is 0 Å². The Morgan fingerprint density at radius 1 is 1.31 bits per heavy atom. The second-order valence-electron chi connectivity index (χ2n) is 3.34. The number of carbonyl (C=O) groups is 3. The van der Waals surface area contributed by atoms with Gasteiger partial charge in [0.2, 0.25) is 0 Å². The van der Waals surface area contributed by atoms with Crippen molar-refractivity contribution in [2.24, 2.45) is 11.5 Å². The first-order valence-corrected chi connectivity index (χ1v) is 5.03. The summed E-state index contributed by atoms with van der Waals surface area (Å²) in [7, 11) is 0. The van der Waals surface area contributed by atoms with E-state index in [1.54, 1.807) is 0 Å². The Labute approximate surface area is 97.2 Å². The standard InChI is InChI=1S/C8H14N2O5S/c9-4(1-2-5(11)12)6(13)8(10,3-16)7(14)15/h4,16H,1-3,9-10H2,(H,11,12)(H,14,15)/t4-,8+/m0/s1. The molecule has 0 aromatic carbocycles. The molecule has 7 nitrogen and oxygen atoms in total. The van der Waals surface area contributed by atoms with Crippen LogP contribution in [0.3, 0.4) is 0 Å². The van der Waals surface area contributed by atoms with E-state index in [0.717, 1.165) is 0 Å². The van der Waals surface area contributed by atoms with E-state index in [1.165, 1.54) is 0 Å². The summed E-state index contributed by atoms with van der Waals surface area (Å²) in [5.74, 6) is -3.97. The highest BCUT2D eigenvalue weighted by molar-refractivity contribution is 7.80. The zero-order valence-corrected chi connectivity index (χ0v) is 9.31. The lowest BCUT2D eigenvalue weighted by atomic mass is 9.90. The van der Waals surface area contributed by atoms with Gasteiger partial charge in [0.1, 0.15) is 0 Å². The van der Waals surface area contributed by atoms with Gasteiger partial charge in [0.05, 0.1) is 6.04 Å². The van der Waals surface area contributed by atoms with Crippen LogP contribution < -0.4 is 11.5 Å². The topological polar surface area (TPSA) is 144 Å². The SMILES string of the molecule is N[C@@H](CCC(=O)O)C(=O)[C@](N)(CS)C(=O)O. The zero-order chi connectivity index (χ0) is 12.9. The number of aliphatic carboxylic acids is 2. The molecule has 8 heteroatoms. The molecule has 0 heterocycles. The number of carboxylic acids is 2. The molecule has 2 atom stereocenters. The summed E-state index contributed by atoms with van der Waals surface area (Å²) in [6.07, 6.45) is -0.483. The van der Waals surface area contributed by atoms with E-state index in [4.69, 9.17) is 21.7 Å². The van der Waals surface area contributed by atoms with Crippen molar-refractivity contribution in [3.8, 4) is 0 Å². The average Bonchev–Trinajstić information content (AvgIpc) is 2.23. The van der Waals surface area contributed by atoms with Crippen LogP contribution in [0, 0.1) is 0 Å². The van der Waals surface area contributed by atoms with Gasteiger partial charge in [-0.05, 0) is 6.42 Å². The maximum absolute atomic E-state index is 11.6. The highest BCUT2D eigenvalue weighted by Crippen LogP contribution is 2.10. The normalized spacial score (nSPS) is 16.2. The van der Waals surface area contributed by atoms with Crippen molar-refractivity contribution in [1.82, 2.24) is 0 Å². The summed E-state index contributed by atoms with van der Waals surface area (Å²) >= 11 is 3.68. The molecule has 0 fully saturated rings. The molecule has 0 saturated carbocycles. The Bertz CT molecular complexity index is 309. The number of rotatable bonds is 7. The van der Waals surface area contributed by atoms with E-state index in [0.29, 0.717) is 0 Å². The number of nitrogens with two attached hydrogens (primary N) is 2. The highest BCUT2D eigenvalue weighted by Gasteiger charge is 2.43. The van der Waals surface area contributed by atoms with Crippen LogP contribution in [0.5, 0.6) is 0 Å². The molecule has 16 heavy (non-hydrogen) atoms. The van der Waals surface area contributed by atoms with E-state index >= 15 is 0 Å². The predicted octanol–water partition coefficient (Wildman–Crippen LogP) is -1.54. The quantitative estimate of drug-likeness (QED) is 0.272. The molecular weight excluding hydrogens is 236 g/mol. The largest absolute Gasteiger partial charge is 0.481 e. The average molecular weight is 250 g/mol. The fourth-order valence-electron chi connectivity index (χ4n) is 0.992. The first-order valence-electron chi connectivity index (χ1n) is 4.40. The molecule has 0 unspecified atom stereocenters. The summed E-state index contributed by atoms with van der Waals surface area (Å²) in [5, 5.41) is 17.1. The monoisotopic (exact) mass is 250 g/mol. The molecule has 0 amide bonds. The van der Waals surface area contributed by atoms with Crippen LogP contribution in [0.15, 0.2) is 0 Å². The second kappa shape index (κ2) is 5.83. The van der Waals surface area contributed by atoms with E-state index in [9.17, 15) is 14.4 Å². The number of Topliss-reactive ketones (excluding diaryl/α,β-unsaturated/α-hetero) is 1. The number of carboxylic acid groups (broad SMARTS) is 2. The minimum absolute atomic E-state index is 0.159.